The Kier molecular flexibility index (Phi) is 3.28. The van der Waals surface area contributed by atoms with E-state index in [1.807, 2.05) is 0 Å². The number of aromatic nitrogens is 2. The van der Waals surface area contributed by atoms with Gasteiger partial charge in [0, 0.05) is 11.6 Å². The van der Waals surface area contributed by atoms with Gasteiger partial charge in [0.1, 0.15) is 12.1 Å². The number of hydrogen-bond acceptors (Lipinski definition) is 4. The second kappa shape index (κ2) is 4.26. The van der Waals surface area contributed by atoms with Gasteiger partial charge in [-0.2, -0.15) is 0 Å². The second-order valence-corrected chi connectivity index (χ2v) is 3.81. The molecule has 0 fully saturated rings. The minimum atomic E-state index is 0.0410. The molecule has 4 nitrogen and oxygen atoms in total. The predicted octanol–water partition coefficient (Wildman–Crippen LogP) is 2.09. The van der Waals surface area contributed by atoms with E-state index in [0.717, 1.165) is 12.2 Å². The van der Waals surface area contributed by atoms with Gasteiger partial charge in [0.25, 0.3) is 0 Å². The molecule has 0 unspecified atom stereocenters. The minimum Gasteiger partial charge on any atom is -0.481 e. The summed E-state index contributed by atoms with van der Waals surface area (Å²) in [7, 11) is 1.59. The lowest BCUT2D eigenvalue weighted by molar-refractivity contribution is 0.396. The molecule has 1 aromatic heterocycles. The van der Waals surface area contributed by atoms with Crippen molar-refractivity contribution in [3.63, 3.8) is 0 Å². The molecule has 1 aromatic rings. The van der Waals surface area contributed by atoms with Crippen LogP contribution in [-0.2, 0) is 0 Å². The number of rotatable bonds is 4. The van der Waals surface area contributed by atoms with Crippen LogP contribution in [0.1, 0.15) is 27.2 Å². The van der Waals surface area contributed by atoms with Crippen molar-refractivity contribution in [2.24, 2.45) is 0 Å². The molecule has 0 bridgehead atoms. The minimum absolute atomic E-state index is 0.0410. The predicted molar refractivity (Wildman–Crippen MR) is 56.6 cm³/mol. The molecule has 1 rings (SSSR count). The van der Waals surface area contributed by atoms with Crippen molar-refractivity contribution in [1.29, 1.82) is 0 Å². The van der Waals surface area contributed by atoms with Crippen molar-refractivity contribution < 1.29 is 4.74 Å². The molecule has 1 heterocycles. The fourth-order valence-corrected chi connectivity index (χ4v) is 0.955. The highest BCUT2D eigenvalue weighted by atomic mass is 16.5. The van der Waals surface area contributed by atoms with Crippen LogP contribution < -0.4 is 10.1 Å². The van der Waals surface area contributed by atoms with Crippen molar-refractivity contribution >= 4 is 5.82 Å². The van der Waals surface area contributed by atoms with Crippen LogP contribution in [-0.4, -0.2) is 22.6 Å². The molecule has 0 saturated carbocycles. The highest BCUT2D eigenvalue weighted by molar-refractivity contribution is 5.39. The Hall–Kier alpha value is -1.32. The van der Waals surface area contributed by atoms with E-state index in [1.165, 1.54) is 6.33 Å². The molecule has 0 aliphatic heterocycles. The van der Waals surface area contributed by atoms with Crippen molar-refractivity contribution in [3.8, 4) is 5.88 Å². The molecule has 0 atom stereocenters. The summed E-state index contributed by atoms with van der Waals surface area (Å²) >= 11 is 0. The van der Waals surface area contributed by atoms with Crippen LogP contribution in [0.2, 0.25) is 0 Å². The van der Waals surface area contributed by atoms with E-state index >= 15 is 0 Å². The number of ether oxygens (including phenoxy) is 1. The first-order valence-electron chi connectivity index (χ1n) is 4.71. The Balaban J connectivity index is 2.76. The van der Waals surface area contributed by atoms with Crippen molar-refractivity contribution in [2.75, 3.05) is 12.4 Å². The molecule has 0 aliphatic rings. The third-order valence-electron chi connectivity index (χ3n) is 2.20. The van der Waals surface area contributed by atoms with E-state index in [0.29, 0.717) is 5.88 Å². The molecule has 0 aromatic carbocycles. The Morgan fingerprint density at radius 2 is 2.14 bits per heavy atom. The van der Waals surface area contributed by atoms with E-state index in [9.17, 15) is 0 Å². The third kappa shape index (κ3) is 2.87. The molecule has 0 radical (unpaired) electrons. The molecular weight excluding hydrogens is 178 g/mol. The second-order valence-electron chi connectivity index (χ2n) is 3.81. The van der Waals surface area contributed by atoms with Crippen molar-refractivity contribution in [2.45, 2.75) is 32.7 Å². The molecule has 4 heteroatoms. The summed E-state index contributed by atoms with van der Waals surface area (Å²) in [6, 6.07) is 1.79. The first-order chi connectivity index (χ1) is 6.57. The van der Waals surface area contributed by atoms with Crippen LogP contribution in [0.25, 0.3) is 0 Å². The van der Waals surface area contributed by atoms with Gasteiger partial charge in [-0.3, -0.25) is 0 Å². The molecule has 14 heavy (non-hydrogen) atoms. The largest absolute Gasteiger partial charge is 0.481 e. The Morgan fingerprint density at radius 3 is 2.71 bits per heavy atom. The van der Waals surface area contributed by atoms with E-state index in [4.69, 9.17) is 4.74 Å². The number of anilines is 1. The average Bonchev–Trinajstić information content (AvgIpc) is 2.17. The van der Waals surface area contributed by atoms with Gasteiger partial charge in [-0.15, -0.1) is 0 Å². The number of methoxy groups -OCH3 is 1. The van der Waals surface area contributed by atoms with E-state index in [1.54, 1.807) is 13.2 Å². The Bertz CT molecular complexity index is 299. The maximum Gasteiger partial charge on any atom is 0.218 e. The van der Waals surface area contributed by atoms with Gasteiger partial charge < -0.3 is 10.1 Å². The first kappa shape index (κ1) is 10.8. The van der Waals surface area contributed by atoms with Gasteiger partial charge >= 0.3 is 0 Å². The van der Waals surface area contributed by atoms with Gasteiger partial charge in [0.2, 0.25) is 5.88 Å². The van der Waals surface area contributed by atoms with E-state index in [2.05, 4.69) is 36.1 Å². The number of nitrogens with one attached hydrogen (secondary N) is 1. The van der Waals surface area contributed by atoms with Crippen LogP contribution in [0.3, 0.4) is 0 Å². The van der Waals surface area contributed by atoms with Crippen molar-refractivity contribution in [1.82, 2.24) is 9.97 Å². The Morgan fingerprint density at radius 1 is 1.43 bits per heavy atom. The van der Waals surface area contributed by atoms with E-state index in [-0.39, 0.29) is 5.54 Å². The van der Waals surface area contributed by atoms with Gasteiger partial charge in [0.05, 0.1) is 7.11 Å². The molecule has 1 N–H and O–H groups in total. The lowest BCUT2D eigenvalue weighted by Gasteiger charge is -2.24. The fraction of sp³-hybridized carbons (Fsp3) is 0.600. The van der Waals surface area contributed by atoms with E-state index < -0.39 is 0 Å². The summed E-state index contributed by atoms with van der Waals surface area (Å²) in [5, 5.41) is 3.31. The summed E-state index contributed by atoms with van der Waals surface area (Å²) < 4.78 is 5.01. The zero-order valence-electron chi connectivity index (χ0n) is 9.16. The zero-order valence-corrected chi connectivity index (χ0v) is 9.16. The lowest BCUT2D eigenvalue weighted by atomic mass is 10.0. The normalized spacial score (nSPS) is 11.1. The van der Waals surface area contributed by atoms with Crippen LogP contribution in [0.4, 0.5) is 5.82 Å². The average molecular weight is 195 g/mol. The summed E-state index contributed by atoms with van der Waals surface area (Å²) in [6.45, 7) is 6.38. The maximum absolute atomic E-state index is 5.01. The van der Waals surface area contributed by atoms with Crippen LogP contribution >= 0.6 is 0 Å². The lowest BCUT2D eigenvalue weighted by Crippen LogP contribution is -2.30. The zero-order chi connectivity index (χ0) is 10.6. The SMILES string of the molecule is CCC(C)(C)Nc1cc(OC)ncn1. The maximum atomic E-state index is 5.01. The van der Waals surface area contributed by atoms with Gasteiger partial charge in [-0.1, -0.05) is 6.92 Å². The fourth-order valence-electron chi connectivity index (χ4n) is 0.955. The van der Waals surface area contributed by atoms with Gasteiger partial charge in [-0.05, 0) is 20.3 Å². The number of hydrogen-bond donors (Lipinski definition) is 1. The molecule has 0 aliphatic carbocycles. The van der Waals surface area contributed by atoms with Crippen LogP contribution in [0, 0.1) is 0 Å². The third-order valence-corrected chi connectivity index (χ3v) is 2.20. The Labute approximate surface area is 84.7 Å². The molecule has 0 saturated heterocycles. The number of nitrogens with zero attached hydrogens (tertiary/aromatic N) is 2. The van der Waals surface area contributed by atoms with Crippen molar-refractivity contribution in [3.05, 3.63) is 12.4 Å². The summed E-state index contributed by atoms with van der Waals surface area (Å²) in [6.07, 6.45) is 2.52. The molecule has 0 spiro atoms. The molecule has 0 amide bonds. The van der Waals surface area contributed by atoms with Crippen LogP contribution in [0.5, 0.6) is 5.88 Å². The van der Waals surface area contributed by atoms with Gasteiger partial charge in [0.15, 0.2) is 0 Å². The summed E-state index contributed by atoms with van der Waals surface area (Å²) in [5.74, 6) is 1.37. The standard InChI is InChI=1S/C10H17N3O/c1-5-10(2,3)13-8-6-9(14-4)12-7-11-8/h6-7H,5H2,1-4H3,(H,11,12,13). The monoisotopic (exact) mass is 195 g/mol. The molecular formula is C10H17N3O. The highest BCUT2D eigenvalue weighted by Gasteiger charge is 2.14. The quantitative estimate of drug-likeness (QED) is 0.799. The first-order valence-corrected chi connectivity index (χ1v) is 4.71. The van der Waals surface area contributed by atoms with Gasteiger partial charge in [-0.25, -0.2) is 9.97 Å². The summed E-state index contributed by atoms with van der Waals surface area (Å²) in [4.78, 5) is 8.06. The summed E-state index contributed by atoms with van der Waals surface area (Å²) in [5.41, 5.74) is 0.0410. The topological polar surface area (TPSA) is 47.0 Å². The van der Waals surface area contributed by atoms with Crippen LogP contribution in [0.15, 0.2) is 12.4 Å². The highest BCUT2D eigenvalue weighted by Crippen LogP contribution is 2.17. The smallest absolute Gasteiger partial charge is 0.218 e. The molecule has 78 valence electrons.